The lowest BCUT2D eigenvalue weighted by Gasteiger charge is -2.35. The average Bonchev–Trinajstić information content (AvgIpc) is 3.45. The minimum Gasteiger partial charge on any atom is -0.340 e. The van der Waals surface area contributed by atoms with E-state index in [-0.39, 0.29) is 17.0 Å². The van der Waals surface area contributed by atoms with E-state index < -0.39 is 0 Å². The van der Waals surface area contributed by atoms with Gasteiger partial charge in [0.2, 0.25) is 11.0 Å². The van der Waals surface area contributed by atoms with Gasteiger partial charge in [0.05, 0.1) is 21.1 Å². The Labute approximate surface area is 212 Å². The maximum Gasteiger partial charge on any atom is 0.282 e. The van der Waals surface area contributed by atoms with Gasteiger partial charge in [-0.25, -0.2) is 4.98 Å². The summed E-state index contributed by atoms with van der Waals surface area (Å²) in [6, 6.07) is 9.25. The molecular weight excluding hydrogens is 476 g/mol. The van der Waals surface area contributed by atoms with Crippen molar-refractivity contribution in [2.24, 2.45) is 0 Å². The Morgan fingerprint density at radius 2 is 1.86 bits per heavy atom. The number of piperazine rings is 1. The summed E-state index contributed by atoms with van der Waals surface area (Å²) in [6.07, 6.45) is 3.80. The predicted molar refractivity (Wildman–Crippen MR) is 143 cm³/mol. The molecule has 10 heteroatoms. The zero-order valence-corrected chi connectivity index (χ0v) is 21.6. The van der Waals surface area contributed by atoms with E-state index in [1.165, 1.54) is 22.1 Å². The standard InChI is InChI=1S/C26H32N6O3S/c1-3-4-5-10-22(33)30-14-11-29(12-15-30)13-16-31-18(2)24-20(17-23(31)34)28-32(25(24)35)26-27-19-8-6-7-9-21(19)36-26/h6-9,17,28H,3-5,10-16H2,1-2H3. The summed E-state index contributed by atoms with van der Waals surface area (Å²) >= 11 is 1.43. The molecule has 5 rings (SSSR count). The third-order valence-corrected chi connectivity index (χ3v) is 8.07. The van der Waals surface area contributed by atoms with Crippen molar-refractivity contribution in [3.63, 3.8) is 0 Å². The summed E-state index contributed by atoms with van der Waals surface area (Å²) in [5.41, 5.74) is 1.67. The number of hydrogen-bond donors (Lipinski definition) is 1. The fourth-order valence-corrected chi connectivity index (χ4v) is 5.85. The number of nitrogens with one attached hydrogen (secondary N) is 1. The maximum atomic E-state index is 13.3. The summed E-state index contributed by atoms with van der Waals surface area (Å²) < 4.78 is 4.11. The van der Waals surface area contributed by atoms with Crippen LogP contribution in [0.25, 0.3) is 26.3 Å². The van der Waals surface area contributed by atoms with Crippen molar-refractivity contribution >= 4 is 38.4 Å². The third kappa shape index (κ3) is 4.75. The number of carbonyl (C=O) groups is 1. The number of unbranched alkanes of at least 4 members (excludes halogenated alkanes) is 2. The van der Waals surface area contributed by atoms with E-state index in [9.17, 15) is 14.4 Å². The van der Waals surface area contributed by atoms with E-state index in [0.29, 0.717) is 41.2 Å². The normalized spacial score (nSPS) is 14.8. The van der Waals surface area contributed by atoms with Crippen molar-refractivity contribution in [2.45, 2.75) is 46.1 Å². The van der Waals surface area contributed by atoms with Crippen LogP contribution in [0, 0.1) is 6.92 Å². The van der Waals surface area contributed by atoms with E-state index >= 15 is 0 Å². The van der Waals surface area contributed by atoms with Crippen molar-refractivity contribution in [3.05, 3.63) is 56.7 Å². The molecule has 36 heavy (non-hydrogen) atoms. The summed E-state index contributed by atoms with van der Waals surface area (Å²) in [5.74, 6) is 0.248. The van der Waals surface area contributed by atoms with E-state index in [1.54, 1.807) is 4.57 Å². The summed E-state index contributed by atoms with van der Waals surface area (Å²) in [7, 11) is 0. The zero-order chi connectivity index (χ0) is 25.2. The quantitative estimate of drug-likeness (QED) is 0.369. The number of aromatic nitrogens is 4. The summed E-state index contributed by atoms with van der Waals surface area (Å²) in [6.45, 7) is 8.20. The van der Waals surface area contributed by atoms with Crippen LogP contribution in [0.3, 0.4) is 0 Å². The Morgan fingerprint density at radius 3 is 2.61 bits per heavy atom. The van der Waals surface area contributed by atoms with Crippen LogP contribution >= 0.6 is 11.3 Å². The molecule has 0 saturated carbocycles. The summed E-state index contributed by atoms with van der Waals surface area (Å²) in [5, 5.41) is 4.14. The van der Waals surface area contributed by atoms with Crippen LogP contribution in [0.1, 0.15) is 38.3 Å². The number of para-hydroxylation sites is 1. The Bertz CT molecular complexity index is 1470. The van der Waals surface area contributed by atoms with Crippen LogP contribution in [-0.4, -0.2) is 67.8 Å². The molecule has 4 heterocycles. The number of benzene rings is 1. The SMILES string of the molecule is CCCCCC(=O)N1CCN(CCn2c(C)c3c(=O)n(-c4nc5ccccc5s4)[nH]c3cc2=O)CC1. The van der Waals surface area contributed by atoms with Gasteiger partial charge in [0.15, 0.2) is 0 Å². The first-order chi connectivity index (χ1) is 17.5. The molecule has 0 aliphatic carbocycles. The van der Waals surface area contributed by atoms with Gasteiger partial charge in [0.1, 0.15) is 0 Å². The Kier molecular flexibility index (Phi) is 7.06. The van der Waals surface area contributed by atoms with Crippen LogP contribution in [0.15, 0.2) is 39.9 Å². The Hall–Kier alpha value is -3.24. The Morgan fingerprint density at radius 1 is 1.08 bits per heavy atom. The minimum absolute atomic E-state index is 0.137. The lowest BCUT2D eigenvalue weighted by Crippen LogP contribution is -2.49. The lowest BCUT2D eigenvalue weighted by atomic mass is 10.2. The van der Waals surface area contributed by atoms with Crippen molar-refractivity contribution < 1.29 is 4.79 Å². The molecule has 0 bridgehead atoms. The molecule has 3 aromatic heterocycles. The molecule has 1 aromatic carbocycles. The molecule has 1 fully saturated rings. The van der Waals surface area contributed by atoms with Gasteiger partial charge in [-0.2, -0.15) is 4.68 Å². The Balaban J connectivity index is 1.30. The first-order valence-corrected chi connectivity index (χ1v) is 13.5. The molecule has 0 spiro atoms. The van der Waals surface area contributed by atoms with Gasteiger partial charge in [-0.05, 0) is 25.5 Å². The van der Waals surface area contributed by atoms with E-state index in [1.807, 2.05) is 36.1 Å². The second-order valence-corrected chi connectivity index (χ2v) is 10.4. The average molecular weight is 509 g/mol. The largest absolute Gasteiger partial charge is 0.340 e. The second kappa shape index (κ2) is 10.4. The van der Waals surface area contributed by atoms with E-state index in [0.717, 1.165) is 55.7 Å². The van der Waals surface area contributed by atoms with Crippen molar-refractivity contribution in [2.75, 3.05) is 32.7 Å². The molecule has 0 atom stereocenters. The first kappa shape index (κ1) is 24.5. The summed E-state index contributed by atoms with van der Waals surface area (Å²) in [4.78, 5) is 47.5. The zero-order valence-electron chi connectivity index (χ0n) is 20.8. The first-order valence-electron chi connectivity index (χ1n) is 12.7. The van der Waals surface area contributed by atoms with Gasteiger partial charge in [0.25, 0.3) is 11.1 Å². The number of carbonyl (C=O) groups excluding carboxylic acids is 1. The number of aryl methyl sites for hydroxylation is 1. The highest BCUT2D eigenvalue weighted by molar-refractivity contribution is 7.20. The molecule has 1 aliphatic rings. The number of fused-ring (bicyclic) bond motifs is 2. The van der Waals surface area contributed by atoms with Crippen LogP contribution < -0.4 is 11.1 Å². The monoisotopic (exact) mass is 508 g/mol. The fourth-order valence-electron chi connectivity index (χ4n) is 4.92. The van der Waals surface area contributed by atoms with E-state index in [4.69, 9.17) is 0 Å². The minimum atomic E-state index is -0.203. The lowest BCUT2D eigenvalue weighted by molar-refractivity contribution is -0.133. The number of nitrogens with zero attached hydrogens (tertiary/aromatic N) is 5. The number of rotatable bonds is 8. The van der Waals surface area contributed by atoms with Crippen molar-refractivity contribution in [1.29, 1.82) is 0 Å². The molecule has 4 aromatic rings. The highest BCUT2D eigenvalue weighted by Crippen LogP contribution is 2.24. The van der Waals surface area contributed by atoms with Crippen molar-refractivity contribution in [3.8, 4) is 5.13 Å². The number of thiazole rings is 1. The van der Waals surface area contributed by atoms with Crippen molar-refractivity contribution in [1.82, 2.24) is 29.1 Å². The molecular formula is C26H32N6O3S. The fraction of sp³-hybridized carbons (Fsp3) is 0.462. The van der Waals surface area contributed by atoms with Crippen LogP contribution in [0.2, 0.25) is 0 Å². The molecule has 0 radical (unpaired) electrons. The van der Waals surface area contributed by atoms with Crippen LogP contribution in [0.5, 0.6) is 0 Å². The predicted octanol–water partition coefficient (Wildman–Crippen LogP) is 3.12. The number of aromatic amines is 1. The van der Waals surface area contributed by atoms with Gasteiger partial charge in [-0.3, -0.25) is 24.4 Å². The van der Waals surface area contributed by atoms with Crippen LogP contribution in [-0.2, 0) is 11.3 Å². The molecule has 1 saturated heterocycles. The molecule has 0 unspecified atom stereocenters. The number of amides is 1. The molecule has 1 aliphatic heterocycles. The maximum absolute atomic E-state index is 13.3. The van der Waals surface area contributed by atoms with Gasteiger partial charge in [-0.1, -0.05) is 43.2 Å². The molecule has 9 nitrogen and oxygen atoms in total. The van der Waals surface area contributed by atoms with Gasteiger partial charge >= 0.3 is 0 Å². The highest BCUT2D eigenvalue weighted by Gasteiger charge is 2.22. The number of hydrogen-bond acceptors (Lipinski definition) is 6. The number of pyridine rings is 1. The van der Waals surface area contributed by atoms with Crippen LogP contribution in [0.4, 0.5) is 0 Å². The highest BCUT2D eigenvalue weighted by atomic mass is 32.1. The third-order valence-electron chi connectivity index (χ3n) is 7.05. The molecule has 190 valence electrons. The van der Waals surface area contributed by atoms with Gasteiger partial charge in [-0.15, -0.1) is 0 Å². The topological polar surface area (TPSA) is 96.2 Å². The van der Waals surface area contributed by atoms with Gasteiger partial charge in [0, 0.05) is 57.4 Å². The smallest absolute Gasteiger partial charge is 0.282 e. The molecule has 1 amide bonds. The van der Waals surface area contributed by atoms with E-state index in [2.05, 4.69) is 21.9 Å². The second-order valence-electron chi connectivity index (χ2n) is 9.40. The number of H-pyrrole nitrogens is 1. The van der Waals surface area contributed by atoms with Gasteiger partial charge < -0.3 is 9.47 Å². The molecule has 1 N–H and O–H groups in total.